The van der Waals surface area contributed by atoms with E-state index in [1.807, 2.05) is 41.1 Å². The molecule has 0 bridgehead atoms. The Labute approximate surface area is 165 Å². The Kier molecular flexibility index (Phi) is 4.86. The second kappa shape index (κ2) is 7.46. The molecule has 1 unspecified atom stereocenters. The first-order valence-corrected chi connectivity index (χ1v) is 9.63. The molecule has 144 valence electrons. The van der Waals surface area contributed by atoms with E-state index in [1.165, 1.54) is 5.56 Å². The second-order valence-electron chi connectivity index (χ2n) is 7.78. The summed E-state index contributed by atoms with van der Waals surface area (Å²) in [6, 6.07) is 16.1. The number of fused-ring (bicyclic) bond motifs is 1. The zero-order valence-corrected chi connectivity index (χ0v) is 16.2. The number of hydrogen-bond donors (Lipinski definition) is 2. The van der Waals surface area contributed by atoms with Crippen LogP contribution in [0.4, 0.5) is 5.82 Å². The molecular weight excluding hydrogens is 350 g/mol. The van der Waals surface area contributed by atoms with E-state index < -0.39 is 0 Å². The molecule has 28 heavy (non-hydrogen) atoms. The predicted octanol–water partition coefficient (Wildman–Crippen LogP) is 3.54. The smallest absolute Gasteiger partial charge is 0.256 e. The first kappa shape index (κ1) is 18.2. The second-order valence-corrected chi connectivity index (χ2v) is 7.78. The lowest BCUT2D eigenvalue weighted by Gasteiger charge is -2.37. The number of carbonyl (C=O) groups is 1. The van der Waals surface area contributed by atoms with Crippen LogP contribution in [0.15, 0.2) is 60.9 Å². The summed E-state index contributed by atoms with van der Waals surface area (Å²) in [5, 5.41) is 11.0. The van der Waals surface area contributed by atoms with E-state index in [0.717, 1.165) is 24.4 Å². The summed E-state index contributed by atoms with van der Waals surface area (Å²) in [5.74, 6) is 0.645. The van der Waals surface area contributed by atoms with Gasteiger partial charge in [-0.05, 0) is 44.4 Å². The summed E-state index contributed by atoms with van der Waals surface area (Å²) in [7, 11) is 0. The standard InChI is InChI=1S/C22H25N5O/c1-22(2)14-19(18-10-6-7-12-23-18)26-20-17(15-25-27(20)22)21(28)24-13-11-16-8-4-3-5-9-16/h3-10,12,15,19,26H,11,13-14H2,1-2H3,(H,24,28). The van der Waals surface area contributed by atoms with Gasteiger partial charge >= 0.3 is 0 Å². The van der Waals surface area contributed by atoms with Crippen LogP contribution >= 0.6 is 0 Å². The number of benzene rings is 1. The number of nitrogens with zero attached hydrogens (tertiary/aromatic N) is 3. The molecule has 0 saturated heterocycles. The van der Waals surface area contributed by atoms with Crippen molar-refractivity contribution in [2.45, 2.75) is 38.3 Å². The number of amides is 1. The maximum absolute atomic E-state index is 12.8. The summed E-state index contributed by atoms with van der Waals surface area (Å²) >= 11 is 0. The third-order valence-corrected chi connectivity index (χ3v) is 5.19. The minimum Gasteiger partial charge on any atom is -0.361 e. The van der Waals surface area contributed by atoms with Crippen molar-refractivity contribution < 1.29 is 4.79 Å². The Hall–Kier alpha value is -3.15. The number of rotatable bonds is 5. The fourth-order valence-corrected chi connectivity index (χ4v) is 3.74. The van der Waals surface area contributed by atoms with Crippen molar-refractivity contribution >= 4 is 11.7 Å². The normalized spacial score (nSPS) is 17.4. The highest BCUT2D eigenvalue weighted by Gasteiger charge is 2.37. The average Bonchev–Trinajstić information content (AvgIpc) is 3.14. The van der Waals surface area contributed by atoms with Gasteiger partial charge in [-0.25, -0.2) is 4.68 Å². The molecule has 6 nitrogen and oxygen atoms in total. The van der Waals surface area contributed by atoms with E-state index in [4.69, 9.17) is 0 Å². The van der Waals surface area contributed by atoms with E-state index in [2.05, 4.69) is 46.7 Å². The summed E-state index contributed by atoms with van der Waals surface area (Å²) in [6.45, 7) is 4.86. The molecule has 1 aliphatic heterocycles. The molecule has 3 aromatic rings. The zero-order chi connectivity index (χ0) is 19.6. The lowest BCUT2D eigenvalue weighted by molar-refractivity contribution is 0.0954. The lowest BCUT2D eigenvalue weighted by Crippen LogP contribution is -2.39. The average molecular weight is 375 g/mol. The zero-order valence-electron chi connectivity index (χ0n) is 16.2. The van der Waals surface area contributed by atoms with Crippen molar-refractivity contribution in [2.75, 3.05) is 11.9 Å². The van der Waals surface area contributed by atoms with Gasteiger partial charge in [-0.15, -0.1) is 0 Å². The van der Waals surface area contributed by atoms with E-state index in [9.17, 15) is 4.79 Å². The molecule has 0 saturated carbocycles. The Morgan fingerprint density at radius 1 is 1.21 bits per heavy atom. The molecule has 4 rings (SSSR count). The minimum absolute atomic E-state index is 0.0382. The van der Waals surface area contributed by atoms with Gasteiger partial charge in [0.25, 0.3) is 5.91 Å². The van der Waals surface area contributed by atoms with Gasteiger partial charge in [-0.1, -0.05) is 36.4 Å². The molecule has 3 heterocycles. The van der Waals surface area contributed by atoms with Crippen LogP contribution in [0.2, 0.25) is 0 Å². The van der Waals surface area contributed by atoms with Crippen LogP contribution in [0.3, 0.4) is 0 Å². The fourth-order valence-electron chi connectivity index (χ4n) is 3.74. The molecule has 1 amide bonds. The van der Waals surface area contributed by atoms with Crippen LogP contribution in [0.25, 0.3) is 0 Å². The maximum Gasteiger partial charge on any atom is 0.256 e. The van der Waals surface area contributed by atoms with E-state index in [1.54, 1.807) is 12.4 Å². The molecule has 2 aromatic heterocycles. The monoisotopic (exact) mass is 375 g/mol. The van der Waals surface area contributed by atoms with Crippen LogP contribution in [-0.4, -0.2) is 27.2 Å². The summed E-state index contributed by atoms with van der Waals surface area (Å²) in [4.78, 5) is 17.3. The summed E-state index contributed by atoms with van der Waals surface area (Å²) < 4.78 is 1.92. The Morgan fingerprint density at radius 2 is 2.00 bits per heavy atom. The molecule has 0 radical (unpaired) electrons. The van der Waals surface area contributed by atoms with E-state index in [0.29, 0.717) is 12.1 Å². The van der Waals surface area contributed by atoms with Crippen molar-refractivity contribution in [3.8, 4) is 0 Å². The van der Waals surface area contributed by atoms with Crippen molar-refractivity contribution in [1.29, 1.82) is 0 Å². The Morgan fingerprint density at radius 3 is 2.75 bits per heavy atom. The predicted molar refractivity (Wildman–Crippen MR) is 109 cm³/mol. The molecule has 0 fully saturated rings. The minimum atomic E-state index is -0.217. The number of anilines is 1. The van der Waals surface area contributed by atoms with Crippen molar-refractivity contribution in [1.82, 2.24) is 20.1 Å². The number of aromatic nitrogens is 3. The molecular formula is C22H25N5O. The quantitative estimate of drug-likeness (QED) is 0.715. The van der Waals surface area contributed by atoms with Gasteiger partial charge in [-0.2, -0.15) is 5.10 Å². The van der Waals surface area contributed by atoms with Crippen LogP contribution < -0.4 is 10.6 Å². The van der Waals surface area contributed by atoms with Gasteiger partial charge in [0.2, 0.25) is 0 Å². The maximum atomic E-state index is 12.8. The van der Waals surface area contributed by atoms with Crippen molar-refractivity contribution in [3.63, 3.8) is 0 Å². The van der Waals surface area contributed by atoms with Crippen molar-refractivity contribution in [2.24, 2.45) is 0 Å². The molecule has 1 aliphatic rings. The van der Waals surface area contributed by atoms with E-state index >= 15 is 0 Å². The highest BCUT2D eigenvalue weighted by molar-refractivity contribution is 5.98. The van der Waals surface area contributed by atoms with Gasteiger partial charge in [0.15, 0.2) is 0 Å². The van der Waals surface area contributed by atoms with Crippen LogP contribution in [-0.2, 0) is 12.0 Å². The van der Waals surface area contributed by atoms with Crippen LogP contribution in [0.1, 0.15) is 47.9 Å². The first-order valence-electron chi connectivity index (χ1n) is 9.63. The first-order chi connectivity index (χ1) is 13.5. The third kappa shape index (κ3) is 3.63. The van der Waals surface area contributed by atoms with Crippen molar-refractivity contribution in [3.05, 3.63) is 77.7 Å². The number of nitrogens with one attached hydrogen (secondary N) is 2. The van der Waals surface area contributed by atoms with Crippen LogP contribution in [0.5, 0.6) is 0 Å². The molecule has 1 aromatic carbocycles. The SMILES string of the molecule is CC1(C)CC(c2ccccn2)Nc2c(C(=O)NCCc3ccccc3)cnn21. The third-order valence-electron chi connectivity index (χ3n) is 5.19. The highest BCUT2D eigenvalue weighted by atomic mass is 16.1. The molecule has 0 aliphatic carbocycles. The lowest BCUT2D eigenvalue weighted by atomic mass is 9.91. The van der Waals surface area contributed by atoms with Crippen LogP contribution in [0, 0.1) is 0 Å². The van der Waals surface area contributed by atoms with Gasteiger partial charge in [0.05, 0.1) is 23.5 Å². The Balaban J connectivity index is 1.51. The summed E-state index contributed by atoms with van der Waals surface area (Å²) in [6.07, 6.45) is 5.09. The van der Waals surface area contributed by atoms with E-state index in [-0.39, 0.29) is 17.5 Å². The molecule has 0 spiro atoms. The largest absolute Gasteiger partial charge is 0.361 e. The molecule has 6 heteroatoms. The molecule has 1 atom stereocenters. The number of pyridine rings is 1. The van der Waals surface area contributed by atoms with Gasteiger partial charge < -0.3 is 10.6 Å². The topological polar surface area (TPSA) is 71.8 Å². The summed E-state index contributed by atoms with van der Waals surface area (Å²) in [5.41, 5.74) is 2.53. The molecule has 2 N–H and O–H groups in total. The number of hydrogen-bond acceptors (Lipinski definition) is 4. The Bertz CT molecular complexity index is 950. The number of carbonyl (C=O) groups excluding carboxylic acids is 1. The van der Waals surface area contributed by atoms with Gasteiger partial charge in [0.1, 0.15) is 11.4 Å². The highest BCUT2D eigenvalue weighted by Crippen LogP contribution is 2.39. The fraction of sp³-hybridized carbons (Fsp3) is 0.318. The van der Waals surface area contributed by atoms with Gasteiger partial charge in [0, 0.05) is 12.7 Å². The van der Waals surface area contributed by atoms with Gasteiger partial charge in [-0.3, -0.25) is 9.78 Å².